The molecule has 1 aromatic heterocycles. The summed E-state index contributed by atoms with van der Waals surface area (Å²) >= 11 is 0. The maximum atomic E-state index is 13.7. The Hall–Kier alpha value is -2.86. The molecule has 3 heterocycles. The first kappa shape index (κ1) is 27.2. The zero-order chi connectivity index (χ0) is 26.8. The summed E-state index contributed by atoms with van der Waals surface area (Å²) in [5, 5.41) is 2.61. The lowest BCUT2D eigenvalue weighted by Gasteiger charge is -2.25. The molecule has 3 unspecified atom stereocenters. The fourth-order valence-electron chi connectivity index (χ4n) is 4.18. The molecule has 13 heteroatoms. The first-order chi connectivity index (χ1) is 17.5. The number of pyridine rings is 1. The van der Waals surface area contributed by atoms with Crippen LogP contribution >= 0.6 is 7.75 Å². The van der Waals surface area contributed by atoms with E-state index in [1.165, 1.54) is 14.0 Å². The van der Waals surface area contributed by atoms with E-state index in [-0.39, 0.29) is 12.4 Å². The van der Waals surface area contributed by atoms with Crippen LogP contribution in [0.5, 0.6) is 5.75 Å². The van der Waals surface area contributed by atoms with Crippen molar-refractivity contribution in [3.05, 3.63) is 60.4 Å². The molecule has 0 spiro atoms. The minimum Gasteiger partial charge on any atom is -0.468 e. The van der Waals surface area contributed by atoms with E-state index in [1.807, 2.05) is 0 Å². The van der Waals surface area contributed by atoms with Gasteiger partial charge in [0.2, 0.25) is 0 Å². The predicted octanol–water partition coefficient (Wildman–Crippen LogP) is 1.85. The number of nitrogens with zero attached hydrogens (tertiary/aromatic N) is 1. The van der Waals surface area contributed by atoms with Crippen LogP contribution in [0.4, 0.5) is 0 Å². The Kier molecular flexibility index (Phi) is 7.98. The monoisotopic (exact) mass is 536 g/mol. The second-order valence-electron chi connectivity index (χ2n) is 9.11. The molecule has 12 nitrogen and oxygen atoms in total. The van der Waals surface area contributed by atoms with Crippen molar-refractivity contribution in [2.45, 2.75) is 57.1 Å². The number of rotatable bonds is 10. The van der Waals surface area contributed by atoms with Gasteiger partial charge in [0.25, 0.3) is 12.1 Å². The summed E-state index contributed by atoms with van der Waals surface area (Å²) in [4.78, 5) is 23.7. The highest BCUT2D eigenvalue weighted by Crippen LogP contribution is 2.47. The molecule has 0 radical (unpaired) electrons. The first-order valence-electron chi connectivity index (χ1n) is 11.7. The highest BCUT2D eigenvalue weighted by Gasteiger charge is 2.59. The van der Waals surface area contributed by atoms with Gasteiger partial charge in [-0.1, -0.05) is 18.2 Å². The summed E-state index contributed by atoms with van der Waals surface area (Å²) in [6, 6.07) is 10.7. The standard InChI is InChI=1S/C24H30N3O9P/c1-15(23(29)31-4)26-37(30,36-17-10-6-5-7-11-17)32-14-18-19-20(35-24(2,3)34-19)22(33-18)27-12-8-9-16(13-27)21(25)28/h5-13,15,18-20,22H,14H2,1-4H3,(H2-,25,26,28,30)/p+1/t15-,18+,19?,20?,22+,37?/m0/s1. The number of ether oxygens (including phenoxy) is 4. The molecule has 0 bridgehead atoms. The fourth-order valence-corrected chi connectivity index (χ4v) is 5.68. The molecule has 6 atom stereocenters. The minimum absolute atomic E-state index is 0.224. The van der Waals surface area contributed by atoms with Crippen molar-refractivity contribution in [1.29, 1.82) is 0 Å². The molecule has 2 fully saturated rings. The van der Waals surface area contributed by atoms with Crippen molar-refractivity contribution in [2.75, 3.05) is 13.7 Å². The highest BCUT2D eigenvalue weighted by atomic mass is 31.2. The Morgan fingerprint density at radius 2 is 1.86 bits per heavy atom. The van der Waals surface area contributed by atoms with E-state index in [9.17, 15) is 14.2 Å². The van der Waals surface area contributed by atoms with E-state index in [2.05, 4.69) is 5.09 Å². The van der Waals surface area contributed by atoms with Gasteiger partial charge in [0.1, 0.15) is 29.6 Å². The molecule has 2 saturated heterocycles. The van der Waals surface area contributed by atoms with E-state index < -0.39 is 56.0 Å². The lowest BCUT2D eigenvalue weighted by atomic mass is 10.1. The third-order valence-electron chi connectivity index (χ3n) is 5.81. The lowest BCUT2D eigenvalue weighted by Crippen LogP contribution is -2.46. The second kappa shape index (κ2) is 10.9. The molecule has 0 aliphatic carbocycles. The summed E-state index contributed by atoms with van der Waals surface area (Å²) in [6.07, 6.45) is 0.710. The van der Waals surface area contributed by atoms with E-state index in [0.29, 0.717) is 5.56 Å². The van der Waals surface area contributed by atoms with Gasteiger partial charge in [-0.05, 0) is 39.0 Å². The van der Waals surface area contributed by atoms with Crippen LogP contribution in [-0.2, 0) is 32.8 Å². The summed E-state index contributed by atoms with van der Waals surface area (Å²) in [5.41, 5.74) is 5.73. The third-order valence-corrected chi connectivity index (χ3v) is 7.45. The number of hydrogen-bond acceptors (Lipinski definition) is 9. The fraction of sp³-hybridized carbons (Fsp3) is 0.458. The van der Waals surface area contributed by atoms with Crippen LogP contribution < -0.4 is 19.9 Å². The topological polar surface area (TPSA) is 149 Å². The molecule has 37 heavy (non-hydrogen) atoms. The maximum Gasteiger partial charge on any atom is 0.459 e. The van der Waals surface area contributed by atoms with Crippen molar-refractivity contribution in [3.63, 3.8) is 0 Å². The van der Waals surface area contributed by atoms with Gasteiger partial charge in [-0.2, -0.15) is 9.65 Å². The minimum atomic E-state index is -4.09. The van der Waals surface area contributed by atoms with Crippen LogP contribution in [0.2, 0.25) is 0 Å². The Balaban J connectivity index is 1.55. The van der Waals surface area contributed by atoms with Gasteiger partial charge in [-0.15, -0.1) is 0 Å². The van der Waals surface area contributed by atoms with E-state index in [4.69, 9.17) is 33.7 Å². The SMILES string of the molecule is COC(=O)[C@H](C)NP(=O)(OC[C@H]1O[C@@H]([n+]2cccc(C(N)=O)c2)C2OC(C)(C)OC21)Oc1ccccc1. The third kappa shape index (κ3) is 6.35. The van der Waals surface area contributed by atoms with Crippen molar-refractivity contribution < 1.29 is 46.7 Å². The van der Waals surface area contributed by atoms with Crippen LogP contribution in [-0.4, -0.2) is 55.7 Å². The number of benzene rings is 1. The Labute approximate surface area is 214 Å². The predicted molar refractivity (Wildman–Crippen MR) is 128 cm³/mol. The number of primary amides is 1. The van der Waals surface area contributed by atoms with Gasteiger partial charge in [0, 0.05) is 6.07 Å². The Bertz CT molecular complexity index is 1180. The van der Waals surface area contributed by atoms with Crippen LogP contribution in [0, 0.1) is 0 Å². The lowest BCUT2D eigenvalue weighted by molar-refractivity contribution is -0.766. The van der Waals surface area contributed by atoms with E-state index in [0.717, 1.165) is 0 Å². The summed E-state index contributed by atoms with van der Waals surface area (Å²) in [7, 11) is -2.87. The second-order valence-corrected chi connectivity index (χ2v) is 10.8. The average Bonchev–Trinajstić information content (AvgIpc) is 3.35. The van der Waals surface area contributed by atoms with Gasteiger partial charge < -0.3 is 29.2 Å². The van der Waals surface area contributed by atoms with Crippen LogP contribution in [0.25, 0.3) is 0 Å². The molecule has 0 saturated carbocycles. The van der Waals surface area contributed by atoms with Crippen LogP contribution in [0.3, 0.4) is 0 Å². The number of amides is 1. The Morgan fingerprint density at radius 1 is 1.16 bits per heavy atom. The molecule has 2 aromatic rings. The number of carbonyl (C=O) groups excluding carboxylic acids is 2. The number of hydrogen-bond donors (Lipinski definition) is 2. The van der Waals surface area contributed by atoms with Gasteiger partial charge >= 0.3 is 13.7 Å². The molecule has 1 amide bonds. The zero-order valence-electron chi connectivity index (χ0n) is 20.9. The number of para-hydroxylation sites is 1. The van der Waals surface area contributed by atoms with Crippen molar-refractivity contribution >= 4 is 19.6 Å². The van der Waals surface area contributed by atoms with Crippen molar-refractivity contribution in [3.8, 4) is 5.75 Å². The van der Waals surface area contributed by atoms with Crippen molar-refractivity contribution in [1.82, 2.24) is 5.09 Å². The molecule has 4 rings (SSSR count). The summed E-state index contributed by atoms with van der Waals surface area (Å²) in [6.45, 7) is 4.80. The van der Waals surface area contributed by atoms with Gasteiger partial charge in [-0.3, -0.25) is 14.1 Å². The van der Waals surface area contributed by atoms with Gasteiger partial charge in [0.15, 0.2) is 24.3 Å². The van der Waals surface area contributed by atoms with Gasteiger partial charge in [0.05, 0.1) is 13.7 Å². The number of fused-ring (bicyclic) bond motifs is 1. The molecule has 2 aliphatic heterocycles. The average molecular weight is 536 g/mol. The first-order valence-corrected chi connectivity index (χ1v) is 13.2. The molecular weight excluding hydrogens is 505 g/mol. The number of aromatic nitrogens is 1. The normalized spacial score (nSPS) is 26.6. The number of nitrogens with two attached hydrogens (primary N) is 1. The molecule has 1 aromatic carbocycles. The molecule has 2 aliphatic rings. The number of methoxy groups -OCH3 is 1. The number of nitrogens with one attached hydrogen (secondary N) is 1. The number of esters is 1. The van der Waals surface area contributed by atoms with E-state index >= 15 is 0 Å². The van der Waals surface area contributed by atoms with Crippen LogP contribution in [0.1, 0.15) is 37.4 Å². The molecule has 3 N–H and O–H groups in total. The number of carbonyl (C=O) groups is 2. The maximum absolute atomic E-state index is 13.7. The molecular formula is C24H31N3O9P+. The smallest absolute Gasteiger partial charge is 0.459 e. The Morgan fingerprint density at radius 3 is 2.54 bits per heavy atom. The quantitative estimate of drug-likeness (QED) is 0.262. The van der Waals surface area contributed by atoms with E-state index in [1.54, 1.807) is 73.3 Å². The molecule has 200 valence electrons. The van der Waals surface area contributed by atoms with Crippen molar-refractivity contribution in [2.24, 2.45) is 5.73 Å². The highest BCUT2D eigenvalue weighted by molar-refractivity contribution is 7.52. The summed E-state index contributed by atoms with van der Waals surface area (Å²) in [5.74, 6) is -1.87. The van der Waals surface area contributed by atoms with Crippen LogP contribution in [0.15, 0.2) is 54.9 Å². The zero-order valence-corrected chi connectivity index (χ0v) is 21.8. The summed E-state index contributed by atoms with van der Waals surface area (Å²) < 4.78 is 49.9. The largest absolute Gasteiger partial charge is 0.468 e. The van der Waals surface area contributed by atoms with Gasteiger partial charge in [-0.25, -0.2) is 4.57 Å².